The molecule has 1 aromatic heterocycles. The highest BCUT2D eigenvalue weighted by atomic mass is 16.5. The van der Waals surface area contributed by atoms with Gasteiger partial charge in [0.2, 0.25) is 5.95 Å². The predicted octanol–water partition coefficient (Wildman–Crippen LogP) is 0.847. The Labute approximate surface area is 103 Å². The van der Waals surface area contributed by atoms with Crippen LogP contribution in [-0.4, -0.2) is 42.4 Å². The molecule has 1 unspecified atom stereocenters. The van der Waals surface area contributed by atoms with Gasteiger partial charge in [0.1, 0.15) is 0 Å². The quantitative estimate of drug-likeness (QED) is 0.746. The smallest absolute Gasteiger partial charge is 0.205 e. The molecule has 0 saturated carbocycles. The van der Waals surface area contributed by atoms with Crippen LogP contribution in [-0.2, 0) is 11.3 Å². The second-order valence-corrected chi connectivity index (χ2v) is 4.49. The predicted molar refractivity (Wildman–Crippen MR) is 68.1 cm³/mol. The Morgan fingerprint density at radius 2 is 2.47 bits per heavy atom. The van der Waals surface area contributed by atoms with Crippen molar-refractivity contribution in [1.82, 2.24) is 9.55 Å². The van der Waals surface area contributed by atoms with Crippen LogP contribution in [0, 0.1) is 0 Å². The topological polar surface area (TPSA) is 56.3 Å². The molecule has 0 bridgehead atoms. The number of methoxy groups -OCH3 is 1. The van der Waals surface area contributed by atoms with E-state index in [9.17, 15) is 0 Å². The first-order valence-electron chi connectivity index (χ1n) is 6.33. The number of ether oxygens (including phenoxy) is 1. The van der Waals surface area contributed by atoms with Crippen LogP contribution < -0.4 is 10.6 Å². The molecule has 1 saturated heterocycles. The zero-order chi connectivity index (χ0) is 12.1. The van der Waals surface area contributed by atoms with Gasteiger partial charge in [0.05, 0.1) is 0 Å². The van der Waals surface area contributed by atoms with E-state index < -0.39 is 0 Å². The molecule has 17 heavy (non-hydrogen) atoms. The van der Waals surface area contributed by atoms with Crippen molar-refractivity contribution in [2.45, 2.75) is 31.8 Å². The Bertz CT molecular complexity index is 339. The summed E-state index contributed by atoms with van der Waals surface area (Å²) in [5.41, 5.74) is 5.80. The van der Waals surface area contributed by atoms with Crippen LogP contribution in [0.2, 0.25) is 0 Å². The molecule has 0 aromatic carbocycles. The van der Waals surface area contributed by atoms with Gasteiger partial charge in [-0.15, -0.1) is 0 Å². The van der Waals surface area contributed by atoms with Crippen molar-refractivity contribution >= 4 is 5.95 Å². The van der Waals surface area contributed by atoms with Gasteiger partial charge in [-0.1, -0.05) is 0 Å². The summed E-state index contributed by atoms with van der Waals surface area (Å²) in [7, 11) is 1.74. The van der Waals surface area contributed by atoms with E-state index in [1.54, 1.807) is 7.11 Å². The number of anilines is 1. The fourth-order valence-corrected chi connectivity index (χ4v) is 2.46. The Kier molecular flexibility index (Phi) is 4.39. The molecule has 0 spiro atoms. The zero-order valence-electron chi connectivity index (χ0n) is 10.5. The van der Waals surface area contributed by atoms with Gasteiger partial charge in [-0.25, -0.2) is 4.98 Å². The van der Waals surface area contributed by atoms with Crippen LogP contribution in [0.4, 0.5) is 5.95 Å². The van der Waals surface area contributed by atoms with Crippen LogP contribution in [0.3, 0.4) is 0 Å². The molecule has 2 heterocycles. The average molecular weight is 238 g/mol. The fraction of sp³-hybridized carbons (Fsp3) is 0.750. The van der Waals surface area contributed by atoms with Crippen molar-refractivity contribution in [3.63, 3.8) is 0 Å². The first-order valence-corrected chi connectivity index (χ1v) is 6.33. The number of nitrogens with two attached hydrogens (primary N) is 1. The van der Waals surface area contributed by atoms with Gasteiger partial charge < -0.3 is 19.9 Å². The van der Waals surface area contributed by atoms with Crippen molar-refractivity contribution in [1.29, 1.82) is 0 Å². The summed E-state index contributed by atoms with van der Waals surface area (Å²) >= 11 is 0. The van der Waals surface area contributed by atoms with Gasteiger partial charge >= 0.3 is 0 Å². The Morgan fingerprint density at radius 3 is 3.24 bits per heavy atom. The molecule has 1 aliphatic heterocycles. The van der Waals surface area contributed by atoms with Gasteiger partial charge in [-0.2, -0.15) is 0 Å². The molecule has 2 N–H and O–H groups in total. The van der Waals surface area contributed by atoms with E-state index in [0.29, 0.717) is 12.6 Å². The first kappa shape index (κ1) is 12.4. The molecule has 96 valence electrons. The van der Waals surface area contributed by atoms with Crippen LogP contribution in [0.1, 0.15) is 19.3 Å². The highest BCUT2D eigenvalue weighted by Crippen LogP contribution is 2.23. The van der Waals surface area contributed by atoms with Gasteiger partial charge in [0.25, 0.3) is 0 Å². The fourth-order valence-electron chi connectivity index (χ4n) is 2.46. The second kappa shape index (κ2) is 6.02. The van der Waals surface area contributed by atoms with Crippen molar-refractivity contribution in [3.05, 3.63) is 12.4 Å². The van der Waals surface area contributed by atoms with E-state index in [0.717, 1.165) is 32.1 Å². The summed E-state index contributed by atoms with van der Waals surface area (Å²) in [6.45, 7) is 3.53. The maximum Gasteiger partial charge on any atom is 0.205 e. The van der Waals surface area contributed by atoms with Crippen molar-refractivity contribution in [2.24, 2.45) is 5.73 Å². The average Bonchev–Trinajstić information content (AvgIpc) is 2.96. The molecule has 1 fully saturated rings. The SMILES string of the molecule is COCCCn1ccnc1N1CCCC1CN. The lowest BCUT2D eigenvalue weighted by molar-refractivity contribution is 0.190. The number of nitrogens with zero attached hydrogens (tertiary/aromatic N) is 3. The highest BCUT2D eigenvalue weighted by molar-refractivity contribution is 5.35. The third-order valence-electron chi connectivity index (χ3n) is 3.35. The third-order valence-corrected chi connectivity index (χ3v) is 3.35. The molecular formula is C12H22N4O. The number of rotatable bonds is 6. The van der Waals surface area contributed by atoms with E-state index in [2.05, 4.69) is 14.5 Å². The van der Waals surface area contributed by atoms with Crippen molar-refractivity contribution in [2.75, 3.05) is 31.7 Å². The normalized spacial score (nSPS) is 20.1. The van der Waals surface area contributed by atoms with Crippen molar-refractivity contribution < 1.29 is 4.74 Å². The molecule has 5 heteroatoms. The van der Waals surface area contributed by atoms with E-state index in [-0.39, 0.29) is 0 Å². The number of aromatic nitrogens is 2. The molecule has 1 atom stereocenters. The molecule has 0 radical (unpaired) electrons. The third kappa shape index (κ3) is 2.79. The number of hydrogen-bond donors (Lipinski definition) is 1. The number of hydrogen-bond acceptors (Lipinski definition) is 4. The van der Waals surface area contributed by atoms with Crippen molar-refractivity contribution in [3.8, 4) is 0 Å². The molecule has 1 aliphatic rings. The largest absolute Gasteiger partial charge is 0.385 e. The van der Waals surface area contributed by atoms with Crippen LogP contribution in [0.5, 0.6) is 0 Å². The summed E-state index contributed by atoms with van der Waals surface area (Å²) in [6.07, 6.45) is 7.32. The lowest BCUT2D eigenvalue weighted by Crippen LogP contribution is -2.37. The minimum atomic E-state index is 0.457. The monoisotopic (exact) mass is 238 g/mol. The maximum absolute atomic E-state index is 5.80. The Hall–Kier alpha value is -1.07. The highest BCUT2D eigenvalue weighted by Gasteiger charge is 2.26. The van der Waals surface area contributed by atoms with E-state index in [1.807, 2.05) is 12.4 Å². The van der Waals surface area contributed by atoms with Gasteiger partial charge in [-0.3, -0.25) is 0 Å². The van der Waals surface area contributed by atoms with Gasteiger partial charge in [0, 0.05) is 51.8 Å². The van der Waals surface area contributed by atoms with Gasteiger partial charge in [0.15, 0.2) is 0 Å². The second-order valence-electron chi connectivity index (χ2n) is 4.49. The summed E-state index contributed by atoms with van der Waals surface area (Å²) < 4.78 is 7.28. The first-order chi connectivity index (χ1) is 8.36. The molecule has 2 rings (SSSR count). The summed E-state index contributed by atoms with van der Waals surface area (Å²) in [4.78, 5) is 6.81. The Morgan fingerprint density at radius 1 is 1.59 bits per heavy atom. The molecule has 0 amide bonds. The van der Waals surface area contributed by atoms with E-state index in [4.69, 9.17) is 10.5 Å². The zero-order valence-corrected chi connectivity index (χ0v) is 10.5. The summed E-state index contributed by atoms with van der Waals surface area (Å²) in [5, 5.41) is 0. The molecule has 1 aromatic rings. The van der Waals surface area contributed by atoms with Crippen LogP contribution in [0.25, 0.3) is 0 Å². The summed E-state index contributed by atoms with van der Waals surface area (Å²) in [5.74, 6) is 1.06. The molecule has 5 nitrogen and oxygen atoms in total. The lowest BCUT2D eigenvalue weighted by Gasteiger charge is -2.25. The van der Waals surface area contributed by atoms with E-state index in [1.165, 1.54) is 12.8 Å². The van der Waals surface area contributed by atoms with Gasteiger partial charge in [-0.05, 0) is 19.3 Å². The van der Waals surface area contributed by atoms with Crippen LogP contribution in [0.15, 0.2) is 12.4 Å². The molecule has 0 aliphatic carbocycles. The minimum absolute atomic E-state index is 0.457. The van der Waals surface area contributed by atoms with Crippen LogP contribution >= 0.6 is 0 Å². The van der Waals surface area contributed by atoms with E-state index >= 15 is 0 Å². The Balaban J connectivity index is 2.02. The standard InChI is InChI=1S/C12H22N4O/c1-17-9-3-6-15-8-5-14-12(15)16-7-2-4-11(16)10-13/h5,8,11H,2-4,6-7,9-10,13H2,1H3. The number of aryl methyl sites for hydroxylation is 1. The lowest BCUT2D eigenvalue weighted by atomic mass is 10.2. The maximum atomic E-state index is 5.80. The summed E-state index contributed by atoms with van der Waals surface area (Å²) in [6, 6.07) is 0.457. The molecular weight excluding hydrogens is 216 g/mol. The number of imidazole rings is 1. The minimum Gasteiger partial charge on any atom is -0.385 e.